The lowest BCUT2D eigenvalue weighted by atomic mass is 9.90. The Hall–Kier alpha value is -2.50. The third-order valence-corrected chi connectivity index (χ3v) is 6.73. The van der Waals surface area contributed by atoms with Gasteiger partial charge in [0.15, 0.2) is 0 Å². The van der Waals surface area contributed by atoms with Crippen molar-refractivity contribution in [2.24, 2.45) is 0 Å². The highest BCUT2D eigenvalue weighted by molar-refractivity contribution is 6.06. The first-order valence-corrected chi connectivity index (χ1v) is 12.2. The molecule has 0 aromatic heterocycles. The number of rotatable bonds is 12. The number of imide groups is 1. The van der Waals surface area contributed by atoms with E-state index in [9.17, 15) is 41.0 Å². The first kappa shape index (κ1) is 30.7. The van der Waals surface area contributed by atoms with Gasteiger partial charge in [-0.15, -0.1) is 0 Å². The van der Waals surface area contributed by atoms with Crippen molar-refractivity contribution in [1.82, 2.24) is 9.80 Å². The highest BCUT2D eigenvalue weighted by Gasteiger charge is 2.71. The topological polar surface area (TPSA) is 70.1 Å². The zero-order valence-electron chi connectivity index (χ0n) is 21.4. The molecular weight excluding hydrogens is 506 g/mol. The normalized spacial score (nSPS) is 16.6. The Labute approximate surface area is 212 Å². The molecule has 0 spiro atoms. The molecule has 0 saturated carbocycles. The van der Waals surface area contributed by atoms with Gasteiger partial charge in [-0.3, -0.25) is 9.69 Å². The van der Waals surface area contributed by atoms with Gasteiger partial charge in [-0.2, -0.15) is 26.3 Å². The number of amides is 3. The first-order valence-electron chi connectivity index (χ1n) is 12.2. The second-order valence-electron chi connectivity index (χ2n) is 9.75. The minimum Gasteiger partial charge on any atom is -0.493 e. The van der Waals surface area contributed by atoms with E-state index >= 15 is 0 Å². The fraction of sp³-hybridized carbons (Fsp3) is 0.680. The quantitative estimate of drug-likeness (QED) is 0.202. The van der Waals surface area contributed by atoms with Crippen molar-refractivity contribution in [3.8, 4) is 5.75 Å². The Morgan fingerprint density at radius 3 is 2.03 bits per heavy atom. The van der Waals surface area contributed by atoms with E-state index < -0.39 is 29.1 Å². The third kappa shape index (κ3) is 6.32. The predicted octanol–water partition coefficient (Wildman–Crippen LogP) is 5.95. The number of carbonyl (C=O) groups excluding carboxylic acids is 2. The summed E-state index contributed by atoms with van der Waals surface area (Å²) in [5.41, 5.74) is -6.98. The van der Waals surface area contributed by atoms with Crippen LogP contribution in [0.5, 0.6) is 5.75 Å². The van der Waals surface area contributed by atoms with Gasteiger partial charge in [-0.05, 0) is 50.8 Å². The molecule has 1 fully saturated rings. The molecule has 2 rings (SSSR count). The van der Waals surface area contributed by atoms with Crippen molar-refractivity contribution in [2.45, 2.75) is 89.2 Å². The monoisotopic (exact) mass is 540 g/mol. The minimum atomic E-state index is -5.95. The Kier molecular flexibility index (Phi) is 9.54. The smallest absolute Gasteiger partial charge is 0.430 e. The lowest BCUT2D eigenvalue weighted by molar-refractivity contribution is -0.376. The SMILES string of the molecule is CCCc1cc(C(O)(C(F)(F)F)C(F)(F)F)ccc1OCCCCCCCN1C(=O)N(C)C(C)(C)C1=O. The zero-order valence-corrected chi connectivity index (χ0v) is 21.4. The maximum Gasteiger partial charge on any atom is 0.430 e. The number of urea groups is 1. The second kappa shape index (κ2) is 11.5. The summed E-state index contributed by atoms with van der Waals surface area (Å²) >= 11 is 0. The lowest BCUT2D eigenvalue weighted by Crippen LogP contribution is -2.53. The summed E-state index contributed by atoms with van der Waals surface area (Å²) in [6.45, 7) is 5.65. The van der Waals surface area contributed by atoms with Crippen LogP contribution in [0, 0.1) is 0 Å². The van der Waals surface area contributed by atoms with E-state index in [0.717, 1.165) is 25.3 Å². The number of unbranched alkanes of at least 4 members (excludes halogenated alkanes) is 4. The van der Waals surface area contributed by atoms with Gasteiger partial charge in [0, 0.05) is 19.2 Å². The average molecular weight is 541 g/mol. The van der Waals surface area contributed by atoms with Crippen LogP contribution < -0.4 is 4.74 Å². The summed E-state index contributed by atoms with van der Waals surface area (Å²) < 4.78 is 84.9. The molecule has 1 aromatic carbocycles. The summed E-state index contributed by atoms with van der Waals surface area (Å²) in [5, 5.41) is 9.66. The molecule has 0 bridgehead atoms. The number of hydrogen-bond acceptors (Lipinski definition) is 4. The van der Waals surface area contributed by atoms with E-state index in [1.54, 1.807) is 27.8 Å². The van der Waals surface area contributed by atoms with Crippen LogP contribution in [0.15, 0.2) is 18.2 Å². The fourth-order valence-electron chi connectivity index (χ4n) is 4.16. The van der Waals surface area contributed by atoms with Crippen LogP contribution in [0.4, 0.5) is 31.1 Å². The molecule has 3 amide bonds. The van der Waals surface area contributed by atoms with Gasteiger partial charge >= 0.3 is 18.4 Å². The van der Waals surface area contributed by atoms with Crippen LogP contribution in [0.1, 0.15) is 70.4 Å². The zero-order chi connectivity index (χ0) is 28.2. The molecule has 1 aromatic rings. The molecule has 6 nitrogen and oxygen atoms in total. The van der Waals surface area contributed by atoms with Crippen LogP contribution in [0.25, 0.3) is 0 Å². The predicted molar refractivity (Wildman–Crippen MR) is 124 cm³/mol. The molecule has 1 heterocycles. The molecule has 0 unspecified atom stereocenters. The molecule has 1 aliphatic heterocycles. The minimum absolute atomic E-state index is 0.153. The van der Waals surface area contributed by atoms with Crippen molar-refractivity contribution >= 4 is 11.9 Å². The van der Waals surface area contributed by atoms with E-state index in [1.165, 1.54) is 9.80 Å². The average Bonchev–Trinajstić information content (AvgIpc) is 2.94. The number of nitrogens with zero attached hydrogens (tertiary/aromatic N) is 2. The summed E-state index contributed by atoms with van der Waals surface area (Å²) in [7, 11) is 1.59. The standard InChI is InChI=1S/C25H34F6N2O4/c1-5-11-17-16-18(23(36,24(26,27)28)25(29,30)31)12-13-19(17)37-15-10-8-6-7-9-14-33-20(34)22(2,3)32(4)21(33)35/h12-13,16,36H,5-11,14-15H2,1-4H3. The maximum absolute atomic E-state index is 13.2. The van der Waals surface area contributed by atoms with Crippen LogP contribution >= 0.6 is 0 Å². The van der Waals surface area contributed by atoms with Crippen molar-refractivity contribution in [3.05, 3.63) is 29.3 Å². The van der Waals surface area contributed by atoms with Crippen molar-refractivity contribution in [2.75, 3.05) is 20.2 Å². The molecule has 0 atom stereocenters. The molecule has 12 heteroatoms. The van der Waals surface area contributed by atoms with Crippen LogP contribution in [-0.4, -0.2) is 64.9 Å². The highest BCUT2D eigenvalue weighted by Crippen LogP contribution is 2.50. The van der Waals surface area contributed by atoms with Crippen molar-refractivity contribution in [3.63, 3.8) is 0 Å². The number of benzene rings is 1. The van der Waals surface area contributed by atoms with Gasteiger partial charge in [-0.25, -0.2) is 4.79 Å². The number of likely N-dealkylation sites (N-methyl/N-ethyl adjacent to an activating group) is 1. The molecule has 1 aliphatic rings. The van der Waals surface area contributed by atoms with Crippen LogP contribution in [0.2, 0.25) is 0 Å². The molecule has 1 saturated heterocycles. The molecule has 37 heavy (non-hydrogen) atoms. The number of carbonyl (C=O) groups is 2. The summed E-state index contributed by atoms with van der Waals surface area (Å²) in [6, 6.07) is 2.01. The molecule has 0 aliphatic carbocycles. The van der Waals surface area contributed by atoms with Gasteiger partial charge in [0.05, 0.1) is 6.61 Å². The van der Waals surface area contributed by atoms with Crippen LogP contribution in [0.3, 0.4) is 0 Å². The molecule has 210 valence electrons. The van der Waals surface area contributed by atoms with Gasteiger partial charge in [-0.1, -0.05) is 38.7 Å². The van der Waals surface area contributed by atoms with Crippen molar-refractivity contribution < 1.29 is 45.8 Å². The summed E-state index contributed by atoms with van der Waals surface area (Å²) in [6.07, 6.45) is -7.71. The molecule has 0 radical (unpaired) electrons. The number of aliphatic hydroxyl groups is 1. The van der Waals surface area contributed by atoms with Gasteiger partial charge in [0.25, 0.3) is 11.5 Å². The van der Waals surface area contributed by atoms with E-state index in [-0.39, 0.29) is 36.3 Å². The fourth-order valence-corrected chi connectivity index (χ4v) is 4.16. The molecule has 1 N–H and O–H groups in total. The number of hydrogen-bond donors (Lipinski definition) is 1. The van der Waals surface area contributed by atoms with Crippen molar-refractivity contribution in [1.29, 1.82) is 0 Å². The maximum atomic E-state index is 13.2. The Balaban J connectivity index is 1.87. The van der Waals surface area contributed by atoms with Gasteiger partial charge in [0.1, 0.15) is 11.3 Å². The molecular formula is C25H34F6N2O4. The number of ether oxygens (including phenoxy) is 1. The lowest BCUT2D eigenvalue weighted by Gasteiger charge is -2.33. The largest absolute Gasteiger partial charge is 0.493 e. The first-order chi connectivity index (χ1) is 17.0. The summed E-state index contributed by atoms with van der Waals surface area (Å²) in [4.78, 5) is 27.2. The van der Waals surface area contributed by atoms with E-state index in [1.807, 2.05) is 0 Å². The van der Waals surface area contributed by atoms with Gasteiger partial charge < -0.3 is 14.7 Å². The Morgan fingerprint density at radius 1 is 0.946 bits per heavy atom. The second-order valence-corrected chi connectivity index (χ2v) is 9.75. The van der Waals surface area contributed by atoms with Gasteiger partial charge in [0.2, 0.25) is 0 Å². The van der Waals surface area contributed by atoms with E-state index in [2.05, 4.69) is 0 Å². The van der Waals surface area contributed by atoms with E-state index in [4.69, 9.17) is 4.74 Å². The Morgan fingerprint density at radius 2 is 1.51 bits per heavy atom. The third-order valence-electron chi connectivity index (χ3n) is 6.73. The number of alkyl halides is 6. The number of aryl methyl sites for hydroxylation is 1. The van der Waals surface area contributed by atoms with Crippen LogP contribution in [-0.2, 0) is 16.8 Å². The number of halogens is 6. The highest BCUT2D eigenvalue weighted by atomic mass is 19.4. The Bertz CT molecular complexity index is 947. The summed E-state index contributed by atoms with van der Waals surface area (Å²) in [5.74, 6) is -0.0544. The van der Waals surface area contributed by atoms with E-state index in [0.29, 0.717) is 37.9 Å².